The Bertz CT molecular complexity index is 1170. The van der Waals surface area contributed by atoms with Crippen molar-refractivity contribution in [2.24, 2.45) is 0 Å². The van der Waals surface area contributed by atoms with E-state index < -0.39 is 11.8 Å². The largest absolute Gasteiger partial charge is 0.339 e. The van der Waals surface area contributed by atoms with Crippen LogP contribution in [0.3, 0.4) is 0 Å². The molecule has 0 saturated heterocycles. The minimum Gasteiger partial charge on any atom is -0.339 e. The maximum absolute atomic E-state index is 13.5. The van der Waals surface area contributed by atoms with Gasteiger partial charge in [0.25, 0.3) is 11.8 Å². The van der Waals surface area contributed by atoms with Gasteiger partial charge in [-0.25, -0.2) is 4.90 Å². The molecule has 0 fully saturated rings. The Labute approximate surface area is 184 Å². The second-order valence-electron chi connectivity index (χ2n) is 7.02. The number of aryl methyl sites for hydroxylation is 1. The Kier molecular flexibility index (Phi) is 5.37. The average molecular weight is 437 g/mol. The van der Waals surface area contributed by atoms with Crippen LogP contribution >= 0.6 is 23.2 Å². The van der Waals surface area contributed by atoms with Crippen LogP contribution in [-0.4, -0.2) is 18.9 Å². The predicted molar refractivity (Wildman–Crippen MR) is 122 cm³/mol. The van der Waals surface area contributed by atoms with Crippen molar-refractivity contribution in [1.29, 1.82) is 0 Å². The number of rotatable bonds is 4. The van der Waals surface area contributed by atoms with Crippen LogP contribution in [0.2, 0.25) is 10.0 Å². The van der Waals surface area contributed by atoms with Crippen LogP contribution in [-0.2, 0) is 9.59 Å². The molecule has 6 heteroatoms. The fraction of sp³-hybridized carbons (Fsp3) is 0.0833. The van der Waals surface area contributed by atoms with E-state index in [0.29, 0.717) is 21.3 Å². The van der Waals surface area contributed by atoms with E-state index in [1.165, 1.54) is 4.90 Å². The molecule has 3 aromatic rings. The maximum Gasteiger partial charge on any atom is 0.282 e. The van der Waals surface area contributed by atoms with Gasteiger partial charge >= 0.3 is 0 Å². The Morgan fingerprint density at radius 1 is 0.833 bits per heavy atom. The molecule has 0 radical (unpaired) electrons. The summed E-state index contributed by atoms with van der Waals surface area (Å²) >= 11 is 12.5. The lowest BCUT2D eigenvalue weighted by molar-refractivity contribution is -0.120. The number of benzene rings is 3. The second-order valence-corrected chi connectivity index (χ2v) is 7.87. The Hall–Kier alpha value is -3.08. The predicted octanol–water partition coefficient (Wildman–Crippen LogP) is 5.72. The number of hydrogen-bond acceptors (Lipinski definition) is 3. The Morgan fingerprint density at radius 2 is 1.50 bits per heavy atom. The van der Waals surface area contributed by atoms with Crippen LogP contribution in [0.5, 0.6) is 0 Å². The molecule has 30 heavy (non-hydrogen) atoms. The first-order valence-electron chi connectivity index (χ1n) is 9.32. The van der Waals surface area contributed by atoms with E-state index in [9.17, 15) is 9.59 Å². The smallest absolute Gasteiger partial charge is 0.282 e. The number of amides is 2. The molecule has 3 aromatic carbocycles. The molecule has 0 aromatic heterocycles. The quantitative estimate of drug-likeness (QED) is 0.490. The minimum absolute atomic E-state index is 0.244. The number of halogens is 2. The molecule has 0 aliphatic carbocycles. The zero-order valence-electron chi connectivity index (χ0n) is 16.4. The lowest BCUT2D eigenvalue weighted by atomic mass is 10.0. The average Bonchev–Trinajstić information content (AvgIpc) is 2.99. The molecule has 0 bridgehead atoms. The topological polar surface area (TPSA) is 40.6 Å². The molecule has 0 spiro atoms. The molecule has 150 valence electrons. The van der Waals surface area contributed by atoms with E-state index in [0.717, 1.165) is 11.3 Å². The van der Waals surface area contributed by atoms with E-state index in [1.54, 1.807) is 42.3 Å². The van der Waals surface area contributed by atoms with Gasteiger partial charge in [-0.2, -0.15) is 0 Å². The summed E-state index contributed by atoms with van der Waals surface area (Å²) in [6.45, 7) is 1.95. The maximum atomic E-state index is 13.5. The van der Waals surface area contributed by atoms with E-state index in [-0.39, 0.29) is 11.3 Å². The first kappa shape index (κ1) is 20.2. The number of likely N-dealkylation sites (N-methyl/N-ethyl adjacent to an activating group) is 1. The summed E-state index contributed by atoms with van der Waals surface area (Å²) in [5, 5.41) is 0.762. The van der Waals surface area contributed by atoms with Gasteiger partial charge < -0.3 is 4.90 Å². The SMILES string of the molecule is Cc1ccc(N2C(=O)C(c3ccc(Cl)cc3Cl)=C(N(C)c3ccccc3)C2=O)cc1. The van der Waals surface area contributed by atoms with Crippen molar-refractivity contribution in [3.05, 3.63) is 99.7 Å². The van der Waals surface area contributed by atoms with Crippen molar-refractivity contribution in [3.63, 3.8) is 0 Å². The summed E-state index contributed by atoms with van der Waals surface area (Å²) < 4.78 is 0. The minimum atomic E-state index is -0.425. The standard InChI is InChI=1S/C24H18Cl2N2O2/c1-15-8-11-18(12-9-15)28-23(29)21(19-13-10-16(25)14-20(19)26)22(24(28)30)27(2)17-6-4-3-5-7-17/h3-14H,1-2H3. The summed E-state index contributed by atoms with van der Waals surface area (Å²) in [6.07, 6.45) is 0. The normalized spacial score (nSPS) is 13.9. The number of carbonyl (C=O) groups is 2. The summed E-state index contributed by atoms with van der Waals surface area (Å²) in [7, 11) is 1.76. The van der Waals surface area contributed by atoms with Gasteiger partial charge in [0, 0.05) is 23.3 Å². The number of para-hydroxylation sites is 1. The van der Waals surface area contributed by atoms with Crippen molar-refractivity contribution in [3.8, 4) is 0 Å². The zero-order chi connectivity index (χ0) is 21.4. The lowest BCUT2D eigenvalue weighted by Crippen LogP contribution is -2.34. The highest BCUT2D eigenvalue weighted by Crippen LogP contribution is 2.39. The van der Waals surface area contributed by atoms with E-state index in [4.69, 9.17) is 23.2 Å². The van der Waals surface area contributed by atoms with Crippen molar-refractivity contribution in [2.45, 2.75) is 6.92 Å². The first-order valence-corrected chi connectivity index (χ1v) is 10.1. The number of nitrogens with zero attached hydrogens (tertiary/aromatic N) is 2. The summed E-state index contributed by atoms with van der Waals surface area (Å²) in [4.78, 5) is 29.9. The third-order valence-electron chi connectivity index (χ3n) is 5.03. The van der Waals surface area contributed by atoms with Crippen LogP contribution in [0.15, 0.2) is 78.5 Å². The molecule has 0 atom stereocenters. The molecule has 2 amide bonds. The van der Waals surface area contributed by atoms with E-state index in [1.807, 2.05) is 49.4 Å². The number of anilines is 2. The van der Waals surface area contributed by atoms with Crippen LogP contribution in [0.4, 0.5) is 11.4 Å². The molecule has 0 unspecified atom stereocenters. The monoisotopic (exact) mass is 436 g/mol. The van der Waals surface area contributed by atoms with Gasteiger partial charge in [0.05, 0.1) is 16.3 Å². The lowest BCUT2D eigenvalue weighted by Gasteiger charge is -2.21. The van der Waals surface area contributed by atoms with Gasteiger partial charge in [0.15, 0.2) is 0 Å². The molecule has 0 saturated carbocycles. The fourth-order valence-corrected chi connectivity index (χ4v) is 3.98. The van der Waals surface area contributed by atoms with Crippen LogP contribution in [0.1, 0.15) is 11.1 Å². The molecular weight excluding hydrogens is 419 g/mol. The van der Waals surface area contributed by atoms with E-state index in [2.05, 4.69) is 0 Å². The van der Waals surface area contributed by atoms with Crippen LogP contribution < -0.4 is 9.80 Å². The van der Waals surface area contributed by atoms with Crippen LogP contribution in [0.25, 0.3) is 5.57 Å². The third kappa shape index (κ3) is 3.49. The molecule has 4 rings (SSSR count). The van der Waals surface area contributed by atoms with Crippen molar-refractivity contribution in [2.75, 3.05) is 16.8 Å². The second kappa shape index (κ2) is 7.98. The fourth-order valence-electron chi connectivity index (χ4n) is 3.47. The highest BCUT2D eigenvalue weighted by molar-refractivity contribution is 6.48. The highest BCUT2D eigenvalue weighted by Gasteiger charge is 2.42. The third-order valence-corrected chi connectivity index (χ3v) is 5.58. The van der Waals surface area contributed by atoms with Crippen molar-refractivity contribution >= 4 is 52.0 Å². The van der Waals surface area contributed by atoms with Crippen LogP contribution in [0, 0.1) is 6.92 Å². The summed E-state index contributed by atoms with van der Waals surface area (Å²) in [5.41, 5.74) is 3.29. The number of hydrogen-bond donors (Lipinski definition) is 0. The van der Waals surface area contributed by atoms with Crippen molar-refractivity contribution in [1.82, 2.24) is 0 Å². The molecular formula is C24H18Cl2N2O2. The zero-order valence-corrected chi connectivity index (χ0v) is 17.9. The van der Waals surface area contributed by atoms with Gasteiger partial charge in [0.2, 0.25) is 0 Å². The summed E-state index contributed by atoms with van der Waals surface area (Å²) in [6, 6.07) is 21.5. The molecule has 1 aliphatic heterocycles. The van der Waals surface area contributed by atoms with Gasteiger partial charge in [-0.05, 0) is 43.3 Å². The molecule has 1 heterocycles. The van der Waals surface area contributed by atoms with Gasteiger partial charge in [0.1, 0.15) is 5.70 Å². The first-order chi connectivity index (χ1) is 14.4. The Morgan fingerprint density at radius 3 is 2.13 bits per heavy atom. The Balaban J connectivity index is 1.91. The van der Waals surface area contributed by atoms with E-state index >= 15 is 0 Å². The number of imide groups is 1. The highest BCUT2D eigenvalue weighted by atomic mass is 35.5. The molecule has 1 aliphatic rings. The van der Waals surface area contributed by atoms with Gasteiger partial charge in [-0.15, -0.1) is 0 Å². The van der Waals surface area contributed by atoms with Gasteiger partial charge in [-0.3, -0.25) is 9.59 Å². The molecule has 0 N–H and O–H groups in total. The summed E-state index contributed by atoms with van der Waals surface area (Å²) in [5.74, 6) is -0.831. The number of carbonyl (C=O) groups excluding carboxylic acids is 2. The molecule has 4 nitrogen and oxygen atoms in total. The van der Waals surface area contributed by atoms with Crippen molar-refractivity contribution < 1.29 is 9.59 Å². The van der Waals surface area contributed by atoms with Gasteiger partial charge in [-0.1, -0.05) is 65.2 Å².